The third-order valence-corrected chi connectivity index (χ3v) is 4.34. The summed E-state index contributed by atoms with van der Waals surface area (Å²) < 4.78 is 0. The number of anilines is 1. The van der Waals surface area contributed by atoms with Gasteiger partial charge in [-0.3, -0.25) is 5.10 Å². The Hall–Kier alpha value is -1.10. The number of aryl methyl sites for hydroxylation is 1. The van der Waals surface area contributed by atoms with Crippen molar-refractivity contribution in [3.05, 3.63) is 5.82 Å². The summed E-state index contributed by atoms with van der Waals surface area (Å²) in [5.74, 6) is 2.74. The molecule has 1 unspecified atom stereocenters. The molecule has 0 aliphatic carbocycles. The molecule has 0 saturated carbocycles. The van der Waals surface area contributed by atoms with Crippen LogP contribution in [-0.2, 0) is 6.42 Å². The summed E-state index contributed by atoms with van der Waals surface area (Å²) >= 11 is 0. The van der Waals surface area contributed by atoms with Crippen LogP contribution < -0.4 is 10.2 Å². The largest absolute Gasteiger partial charge is 0.340 e. The Bertz CT molecular complexity index is 374. The minimum atomic E-state index is 0.769. The molecule has 0 aromatic carbocycles. The van der Waals surface area contributed by atoms with Gasteiger partial charge < -0.3 is 10.2 Å². The van der Waals surface area contributed by atoms with Crippen molar-refractivity contribution in [2.24, 2.45) is 5.92 Å². The zero-order valence-electron chi connectivity index (χ0n) is 11.2. The Labute approximate surface area is 108 Å². The van der Waals surface area contributed by atoms with Gasteiger partial charge >= 0.3 is 0 Å². The van der Waals surface area contributed by atoms with E-state index in [1.807, 2.05) is 0 Å². The van der Waals surface area contributed by atoms with Gasteiger partial charge in [0.2, 0.25) is 5.95 Å². The molecule has 5 nitrogen and oxygen atoms in total. The van der Waals surface area contributed by atoms with E-state index in [1.165, 1.54) is 32.2 Å². The molecule has 0 amide bonds. The number of hydrogen-bond donors (Lipinski definition) is 2. The maximum atomic E-state index is 4.52. The highest BCUT2D eigenvalue weighted by molar-refractivity contribution is 5.29. The van der Waals surface area contributed by atoms with Crippen LogP contribution in [0.25, 0.3) is 0 Å². The second kappa shape index (κ2) is 5.26. The van der Waals surface area contributed by atoms with Crippen LogP contribution in [0.15, 0.2) is 0 Å². The lowest BCUT2D eigenvalue weighted by atomic mass is 9.89. The van der Waals surface area contributed by atoms with E-state index in [0.29, 0.717) is 0 Å². The second-order valence-corrected chi connectivity index (χ2v) is 5.46. The van der Waals surface area contributed by atoms with Crippen molar-refractivity contribution in [1.82, 2.24) is 20.5 Å². The Kier molecular flexibility index (Phi) is 3.50. The summed E-state index contributed by atoms with van der Waals surface area (Å²) in [6.07, 6.45) is 6.19. The predicted octanol–water partition coefficient (Wildman–Crippen LogP) is 1.34. The van der Waals surface area contributed by atoms with E-state index < -0.39 is 0 Å². The first kappa shape index (κ1) is 12.0. The average Bonchev–Trinajstić information content (AvgIpc) is 3.10. The zero-order chi connectivity index (χ0) is 12.4. The van der Waals surface area contributed by atoms with Gasteiger partial charge in [0.15, 0.2) is 0 Å². The van der Waals surface area contributed by atoms with Crippen molar-refractivity contribution in [1.29, 1.82) is 0 Å². The average molecular weight is 249 g/mol. The van der Waals surface area contributed by atoms with Gasteiger partial charge in [0.1, 0.15) is 5.82 Å². The fraction of sp³-hybridized carbons (Fsp3) is 0.846. The highest BCUT2D eigenvalue weighted by Gasteiger charge is 2.29. The Morgan fingerprint density at radius 3 is 2.72 bits per heavy atom. The van der Waals surface area contributed by atoms with Gasteiger partial charge in [-0.05, 0) is 38.1 Å². The molecule has 2 fully saturated rings. The summed E-state index contributed by atoms with van der Waals surface area (Å²) in [5.41, 5.74) is 0. The summed E-state index contributed by atoms with van der Waals surface area (Å²) in [7, 11) is 0. The van der Waals surface area contributed by atoms with Crippen molar-refractivity contribution >= 4 is 5.95 Å². The number of aromatic amines is 1. The predicted molar refractivity (Wildman–Crippen MR) is 71.7 cm³/mol. The maximum absolute atomic E-state index is 4.52. The molecule has 100 valence electrons. The molecule has 5 heteroatoms. The quantitative estimate of drug-likeness (QED) is 0.848. The highest BCUT2D eigenvalue weighted by Crippen LogP contribution is 2.27. The highest BCUT2D eigenvalue weighted by atomic mass is 15.4. The van der Waals surface area contributed by atoms with E-state index in [1.54, 1.807) is 0 Å². The van der Waals surface area contributed by atoms with Crippen LogP contribution in [0.2, 0.25) is 0 Å². The van der Waals surface area contributed by atoms with Gasteiger partial charge in [0, 0.05) is 25.6 Å². The number of rotatable bonds is 3. The minimum Gasteiger partial charge on any atom is -0.340 e. The van der Waals surface area contributed by atoms with Crippen molar-refractivity contribution < 1.29 is 0 Å². The molecular weight excluding hydrogens is 226 g/mol. The summed E-state index contributed by atoms with van der Waals surface area (Å²) in [6.45, 7) is 5.52. The van der Waals surface area contributed by atoms with Gasteiger partial charge in [0.25, 0.3) is 0 Å². The van der Waals surface area contributed by atoms with Crippen LogP contribution >= 0.6 is 0 Å². The topological polar surface area (TPSA) is 56.8 Å². The molecular formula is C13H23N5. The molecule has 2 saturated heterocycles. The zero-order valence-corrected chi connectivity index (χ0v) is 11.2. The van der Waals surface area contributed by atoms with Crippen LogP contribution in [0, 0.1) is 5.92 Å². The maximum Gasteiger partial charge on any atom is 0.244 e. The Morgan fingerprint density at radius 2 is 2.11 bits per heavy atom. The van der Waals surface area contributed by atoms with Gasteiger partial charge in [-0.2, -0.15) is 4.98 Å². The van der Waals surface area contributed by atoms with E-state index in [2.05, 4.69) is 32.3 Å². The molecule has 2 aliphatic heterocycles. The fourth-order valence-corrected chi connectivity index (χ4v) is 3.20. The number of H-pyrrole nitrogens is 1. The summed E-state index contributed by atoms with van der Waals surface area (Å²) in [6, 6.07) is 0.769. The number of hydrogen-bond acceptors (Lipinski definition) is 4. The van der Waals surface area contributed by atoms with Crippen LogP contribution in [0.5, 0.6) is 0 Å². The Morgan fingerprint density at radius 1 is 1.28 bits per heavy atom. The van der Waals surface area contributed by atoms with Crippen LogP contribution in [0.4, 0.5) is 5.95 Å². The van der Waals surface area contributed by atoms with E-state index in [0.717, 1.165) is 43.2 Å². The normalized spacial score (nSPS) is 25.8. The minimum absolute atomic E-state index is 0.769. The first-order valence-corrected chi connectivity index (χ1v) is 7.26. The lowest BCUT2D eigenvalue weighted by Crippen LogP contribution is -2.41. The molecule has 3 heterocycles. The summed E-state index contributed by atoms with van der Waals surface area (Å²) in [4.78, 5) is 6.84. The molecule has 1 aromatic heterocycles. The molecule has 1 atom stereocenters. The van der Waals surface area contributed by atoms with Gasteiger partial charge in [-0.1, -0.05) is 6.92 Å². The lowest BCUT2D eigenvalue weighted by molar-refractivity contribution is 0.317. The number of nitrogens with zero attached hydrogens (tertiary/aromatic N) is 3. The van der Waals surface area contributed by atoms with Crippen molar-refractivity contribution in [3.63, 3.8) is 0 Å². The molecule has 0 spiro atoms. The lowest BCUT2D eigenvalue weighted by Gasteiger charge is -2.34. The standard InChI is InChI=1S/C13H23N5/c1-2-12-15-13(17-16-12)18-8-5-10(6-9-18)11-4-3-7-14-11/h10-11,14H,2-9H2,1H3,(H,15,16,17). The fourth-order valence-electron chi connectivity index (χ4n) is 3.20. The molecule has 2 N–H and O–H groups in total. The van der Waals surface area contributed by atoms with Crippen LogP contribution in [0.1, 0.15) is 38.4 Å². The van der Waals surface area contributed by atoms with E-state index in [-0.39, 0.29) is 0 Å². The van der Waals surface area contributed by atoms with E-state index in [4.69, 9.17) is 0 Å². The number of aromatic nitrogens is 3. The van der Waals surface area contributed by atoms with Gasteiger partial charge in [0.05, 0.1) is 0 Å². The van der Waals surface area contributed by atoms with E-state index in [9.17, 15) is 0 Å². The molecule has 2 aliphatic rings. The van der Waals surface area contributed by atoms with Crippen molar-refractivity contribution in [2.75, 3.05) is 24.5 Å². The van der Waals surface area contributed by atoms with Crippen molar-refractivity contribution in [3.8, 4) is 0 Å². The number of nitrogens with one attached hydrogen (secondary N) is 2. The first-order valence-electron chi connectivity index (χ1n) is 7.26. The SMILES string of the molecule is CCc1nc(N2CCC(C3CCCN3)CC2)n[nH]1. The van der Waals surface area contributed by atoms with Crippen LogP contribution in [0.3, 0.4) is 0 Å². The molecule has 0 bridgehead atoms. The number of piperidine rings is 1. The third-order valence-electron chi connectivity index (χ3n) is 4.34. The van der Waals surface area contributed by atoms with Crippen molar-refractivity contribution in [2.45, 2.75) is 45.1 Å². The Balaban J connectivity index is 1.55. The molecule has 3 rings (SSSR count). The summed E-state index contributed by atoms with van der Waals surface area (Å²) in [5, 5.41) is 10.9. The second-order valence-electron chi connectivity index (χ2n) is 5.46. The molecule has 1 aromatic rings. The monoisotopic (exact) mass is 249 g/mol. The first-order chi connectivity index (χ1) is 8.86. The molecule has 18 heavy (non-hydrogen) atoms. The van der Waals surface area contributed by atoms with Gasteiger partial charge in [-0.25, -0.2) is 0 Å². The van der Waals surface area contributed by atoms with Gasteiger partial charge in [-0.15, -0.1) is 5.10 Å². The van der Waals surface area contributed by atoms with Crippen LogP contribution in [-0.4, -0.2) is 40.9 Å². The molecule has 0 radical (unpaired) electrons. The smallest absolute Gasteiger partial charge is 0.244 e. The third kappa shape index (κ3) is 2.36. The van der Waals surface area contributed by atoms with E-state index >= 15 is 0 Å².